The molecule has 3 heteroatoms. The summed E-state index contributed by atoms with van der Waals surface area (Å²) in [5, 5.41) is 9.00. The lowest BCUT2D eigenvalue weighted by Gasteiger charge is -2.30. The monoisotopic (exact) mass is 256 g/mol. The predicted molar refractivity (Wildman–Crippen MR) is 73.7 cm³/mol. The van der Waals surface area contributed by atoms with Crippen LogP contribution in [0.2, 0.25) is 0 Å². The molecular weight excluding hydrogens is 240 g/mol. The number of ether oxygens (including phenoxy) is 1. The van der Waals surface area contributed by atoms with Crippen molar-refractivity contribution < 1.29 is 14.6 Å². The molecule has 0 saturated heterocycles. The van der Waals surface area contributed by atoms with E-state index in [0.29, 0.717) is 6.61 Å². The smallest absolute Gasteiger partial charge is 0.314 e. The highest BCUT2D eigenvalue weighted by atomic mass is 16.5. The maximum absolute atomic E-state index is 11.0. The van der Waals surface area contributed by atoms with Crippen LogP contribution < -0.4 is 0 Å². The molecule has 1 aliphatic rings. The van der Waals surface area contributed by atoms with E-state index in [1.165, 1.54) is 0 Å². The summed E-state index contributed by atoms with van der Waals surface area (Å²) in [6, 6.07) is 9.71. The van der Waals surface area contributed by atoms with Gasteiger partial charge in [0.05, 0.1) is 12.5 Å². The van der Waals surface area contributed by atoms with Crippen LogP contribution in [0.5, 0.6) is 0 Å². The van der Waals surface area contributed by atoms with Gasteiger partial charge in [-0.15, -0.1) is 6.58 Å². The summed E-state index contributed by atoms with van der Waals surface area (Å²) in [6.07, 6.45) is 8.57. The molecule has 0 aromatic heterocycles. The number of hydrogen-bond acceptors (Lipinski definition) is 2. The highest BCUT2D eigenvalue weighted by Crippen LogP contribution is 2.33. The molecule has 0 fully saturated rings. The van der Waals surface area contributed by atoms with Crippen molar-refractivity contribution in [2.45, 2.75) is 5.60 Å². The second-order valence-corrected chi connectivity index (χ2v) is 4.34. The van der Waals surface area contributed by atoms with Gasteiger partial charge in [0.15, 0.2) is 0 Å². The fourth-order valence-corrected chi connectivity index (χ4v) is 2.05. The third kappa shape index (κ3) is 2.83. The molecule has 1 N–H and O–H groups in total. The highest BCUT2D eigenvalue weighted by Gasteiger charge is 2.31. The Morgan fingerprint density at radius 2 is 1.95 bits per heavy atom. The number of rotatable bonds is 5. The lowest BCUT2D eigenvalue weighted by atomic mass is 9.86. The quantitative estimate of drug-likeness (QED) is 0.824. The minimum atomic E-state index is -0.863. The number of aliphatic carboxylic acids is 1. The van der Waals surface area contributed by atoms with E-state index in [1.54, 1.807) is 30.4 Å². The molecule has 0 heterocycles. The lowest BCUT2D eigenvalue weighted by Crippen LogP contribution is -2.28. The van der Waals surface area contributed by atoms with Crippen LogP contribution in [0, 0.1) is 5.92 Å². The van der Waals surface area contributed by atoms with E-state index >= 15 is 0 Å². The van der Waals surface area contributed by atoms with Crippen molar-refractivity contribution in [1.82, 2.24) is 0 Å². The second kappa shape index (κ2) is 5.67. The van der Waals surface area contributed by atoms with Crippen molar-refractivity contribution in [1.29, 1.82) is 0 Å². The molecule has 0 aliphatic heterocycles. The first kappa shape index (κ1) is 13.3. The van der Waals surface area contributed by atoms with E-state index in [-0.39, 0.29) is 0 Å². The van der Waals surface area contributed by atoms with Crippen LogP contribution >= 0.6 is 0 Å². The molecule has 1 aromatic carbocycles. The van der Waals surface area contributed by atoms with Crippen LogP contribution in [0.1, 0.15) is 5.56 Å². The average molecular weight is 256 g/mol. The zero-order valence-electron chi connectivity index (χ0n) is 10.5. The minimum Gasteiger partial charge on any atom is -0.481 e. The highest BCUT2D eigenvalue weighted by molar-refractivity contribution is 5.75. The molecule has 1 aromatic rings. The van der Waals surface area contributed by atoms with Crippen LogP contribution in [0.4, 0.5) is 0 Å². The summed E-state index contributed by atoms with van der Waals surface area (Å²) in [5.41, 5.74) is 0.259. The molecule has 0 radical (unpaired) electrons. The molecular formula is C16H16O3. The number of carboxylic acids is 1. The topological polar surface area (TPSA) is 46.5 Å². The minimum absolute atomic E-state index is 0.390. The zero-order valence-corrected chi connectivity index (χ0v) is 10.5. The molecule has 0 bridgehead atoms. The number of carboxylic acid groups (broad SMARTS) is 1. The Balaban J connectivity index is 2.33. The standard InChI is InChI=1S/C16H16O3/c1-2-12-19-16(14-6-4-3-5-7-14)10-8-13(9-11-16)15(17)18/h2-11,13H,1,12H2,(H,17,18). The SMILES string of the molecule is C=CCOC1(c2ccccc2)C=CC(C(=O)O)C=C1. The summed E-state index contributed by atoms with van der Waals surface area (Å²) in [5.74, 6) is -1.46. The van der Waals surface area contributed by atoms with Gasteiger partial charge in [-0.25, -0.2) is 0 Å². The lowest BCUT2D eigenvalue weighted by molar-refractivity contribution is -0.138. The van der Waals surface area contributed by atoms with Gasteiger partial charge in [-0.05, 0) is 17.7 Å². The molecule has 0 amide bonds. The van der Waals surface area contributed by atoms with Crippen molar-refractivity contribution in [3.63, 3.8) is 0 Å². The third-order valence-electron chi connectivity index (χ3n) is 3.05. The zero-order chi connectivity index (χ0) is 13.7. The third-order valence-corrected chi connectivity index (χ3v) is 3.05. The summed E-state index contributed by atoms with van der Waals surface area (Å²) in [4.78, 5) is 11.0. The Labute approximate surface area is 112 Å². The van der Waals surface area contributed by atoms with Crippen LogP contribution in [0.3, 0.4) is 0 Å². The molecule has 0 saturated carbocycles. The Kier molecular flexibility index (Phi) is 3.97. The first-order valence-electron chi connectivity index (χ1n) is 6.10. The Morgan fingerprint density at radius 1 is 1.32 bits per heavy atom. The predicted octanol–water partition coefficient (Wildman–Crippen LogP) is 2.91. The van der Waals surface area contributed by atoms with Gasteiger partial charge >= 0.3 is 5.97 Å². The number of carbonyl (C=O) groups is 1. The first-order valence-corrected chi connectivity index (χ1v) is 6.10. The van der Waals surface area contributed by atoms with Crippen molar-refractivity contribution >= 4 is 5.97 Å². The summed E-state index contributed by atoms with van der Waals surface area (Å²) < 4.78 is 5.85. The van der Waals surface area contributed by atoms with E-state index in [9.17, 15) is 4.79 Å². The van der Waals surface area contributed by atoms with Gasteiger partial charge in [0.1, 0.15) is 5.60 Å². The average Bonchev–Trinajstić information content (AvgIpc) is 2.46. The molecule has 98 valence electrons. The summed E-state index contributed by atoms with van der Waals surface area (Å²) >= 11 is 0. The Morgan fingerprint density at radius 3 is 2.47 bits per heavy atom. The molecule has 19 heavy (non-hydrogen) atoms. The van der Waals surface area contributed by atoms with E-state index in [1.807, 2.05) is 30.3 Å². The van der Waals surface area contributed by atoms with Gasteiger partial charge < -0.3 is 9.84 Å². The number of benzene rings is 1. The number of hydrogen-bond donors (Lipinski definition) is 1. The molecule has 0 unspecified atom stereocenters. The van der Waals surface area contributed by atoms with Crippen LogP contribution in [0.25, 0.3) is 0 Å². The van der Waals surface area contributed by atoms with E-state index in [2.05, 4.69) is 6.58 Å². The molecule has 1 aliphatic carbocycles. The van der Waals surface area contributed by atoms with Gasteiger partial charge in [0.2, 0.25) is 0 Å². The largest absolute Gasteiger partial charge is 0.481 e. The molecule has 2 rings (SSSR count). The van der Waals surface area contributed by atoms with Crippen LogP contribution in [0.15, 0.2) is 67.3 Å². The van der Waals surface area contributed by atoms with Gasteiger partial charge in [0, 0.05) is 0 Å². The first-order chi connectivity index (χ1) is 9.18. The maximum atomic E-state index is 11.0. The van der Waals surface area contributed by atoms with Crippen molar-refractivity contribution in [3.8, 4) is 0 Å². The Bertz CT molecular complexity index is 500. The van der Waals surface area contributed by atoms with Crippen molar-refractivity contribution in [2.24, 2.45) is 5.92 Å². The van der Waals surface area contributed by atoms with Crippen LogP contribution in [-0.2, 0) is 15.1 Å². The van der Waals surface area contributed by atoms with Gasteiger partial charge in [-0.3, -0.25) is 4.79 Å². The van der Waals surface area contributed by atoms with Crippen molar-refractivity contribution in [2.75, 3.05) is 6.61 Å². The summed E-state index contributed by atoms with van der Waals surface area (Å²) in [7, 11) is 0. The molecule has 0 atom stereocenters. The van der Waals surface area contributed by atoms with E-state index < -0.39 is 17.5 Å². The van der Waals surface area contributed by atoms with Crippen molar-refractivity contribution in [3.05, 3.63) is 72.9 Å². The molecule has 3 nitrogen and oxygen atoms in total. The Hall–Kier alpha value is -2.13. The van der Waals surface area contributed by atoms with Gasteiger partial charge in [0.25, 0.3) is 0 Å². The second-order valence-electron chi connectivity index (χ2n) is 4.34. The fourth-order valence-electron chi connectivity index (χ4n) is 2.05. The normalized spacial score (nSPS) is 25.2. The van der Waals surface area contributed by atoms with Gasteiger partial charge in [-0.2, -0.15) is 0 Å². The van der Waals surface area contributed by atoms with Crippen LogP contribution in [-0.4, -0.2) is 17.7 Å². The fraction of sp³-hybridized carbons (Fsp3) is 0.188. The van der Waals surface area contributed by atoms with E-state index in [0.717, 1.165) is 5.56 Å². The van der Waals surface area contributed by atoms with Gasteiger partial charge in [-0.1, -0.05) is 48.6 Å². The maximum Gasteiger partial charge on any atom is 0.314 e. The van der Waals surface area contributed by atoms with E-state index in [4.69, 9.17) is 9.84 Å². The molecule has 0 spiro atoms. The summed E-state index contributed by atoms with van der Waals surface area (Å²) in [6.45, 7) is 4.04.